The number of nitrogens with zero attached hydrogens (tertiary/aromatic N) is 1. The van der Waals surface area contributed by atoms with Crippen LogP contribution in [0.2, 0.25) is 0 Å². The SMILES string of the molecule is CCC(CC)C(=O)N1[C@H](CC(=O)Nc2ccc3c(c2)OCO3)C(=O)N[C@H]2CCCC[C@H]21. The Morgan fingerprint density at radius 2 is 1.90 bits per heavy atom. The molecule has 8 heteroatoms. The molecule has 1 aromatic carbocycles. The first-order valence-electron chi connectivity index (χ1n) is 11.3. The molecule has 1 saturated heterocycles. The monoisotopic (exact) mass is 429 g/mol. The number of anilines is 1. The first-order chi connectivity index (χ1) is 15.0. The van der Waals surface area contributed by atoms with Crippen LogP contribution in [-0.4, -0.2) is 47.5 Å². The molecule has 2 fully saturated rings. The predicted molar refractivity (Wildman–Crippen MR) is 115 cm³/mol. The molecule has 3 atom stereocenters. The van der Waals surface area contributed by atoms with Gasteiger partial charge in [-0.2, -0.15) is 0 Å². The summed E-state index contributed by atoms with van der Waals surface area (Å²) in [7, 11) is 0. The second kappa shape index (κ2) is 9.16. The molecule has 2 aliphatic heterocycles. The maximum atomic E-state index is 13.4. The van der Waals surface area contributed by atoms with Gasteiger partial charge < -0.3 is 25.0 Å². The van der Waals surface area contributed by atoms with Crippen molar-refractivity contribution in [3.05, 3.63) is 18.2 Å². The average Bonchev–Trinajstić information content (AvgIpc) is 3.23. The maximum Gasteiger partial charge on any atom is 0.243 e. The number of ether oxygens (including phenoxy) is 2. The van der Waals surface area contributed by atoms with Gasteiger partial charge in [0.2, 0.25) is 24.5 Å². The van der Waals surface area contributed by atoms with Crippen LogP contribution in [0.5, 0.6) is 11.5 Å². The summed E-state index contributed by atoms with van der Waals surface area (Å²) in [5, 5.41) is 5.92. The number of benzene rings is 1. The van der Waals surface area contributed by atoms with Gasteiger partial charge in [0, 0.05) is 23.7 Å². The minimum absolute atomic E-state index is 0.00219. The van der Waals surface area contributed by atoms with E-state index in [-0.39, 0.29) is 48.9 Å². The zero-order chi connectivity index (χ0) is 22.0. The Labute approximate surface area is 182 Å². The van der Waals surface area contributed by atoms with E-state index in [0.29, 0.717) is 17.2 Å². The van der Waals surface area contributed by atoms with Crippen LogP contribution in [0.4, 0.5) is 5.69 Å². The number of nitrogens with one attached hydrogen (secondary N) is 2. The van der Waals surface area contributed by atoms with Crippen LogP contribution in [0.25, 0.3) is 0 Å². The van der Waals surface area contributed by atoms with Crippen molar-refractivity contribution in [2.24, 2.45) is 5.92 Å². The lowest BCUT2D eigenvalue weighted by atomic mass is 9.84. The second-order valence-corrected chi connectivity index (χ2v) is 8.56. The summed E-state index contributed by atoms with van der Waals surface area (Å²) in [5.41, 5.74) is 0.568. The van der Waals surface area contributed by atoms with E-state index in [1.807, 2.05) is 13.8 Å². The van der Waals surface area contributed by atoms with E-state index in [1.165, 1.54) is 0 Å². The molecular formula is C23H31N3O5. The quantitative estimate of drug-likeness (QED) is 0.725. The molecule has 1 aliphatic carbocycles. The topological polar surface area (TPSA) is 97.0 Å². The third-order valence-corrected chi connectivity index (χ3v) is 6.68. The van der Waals surface area contributed by atoms with Crippen LogP contribution in [0, 0.1) is 5.92 Å². The van der Waals surface area contributed by atoms with E-state index in [9.17, 15) is 14.4 Å². The van der Waals surface area contributed by atoms with Gasteiger partial charge in [0.1, 0.15) is 6.04 Å². The zero-order valence-electron chi connectivity index (χ0n) is 18.2. The third-order valence-electron chi connectivity index (χ3n) is 6.68. The molecule has 0 aromatic heterocycles. The lowest BCUT2D eigenvalue weighted by Crippen LogP contribution is -2.68. The number of carbonyl (C=O) groups is 3. The summed E-state index contributed by atoms with van der Waals surface area (Å²) in [6.07, 6.45) is 5.18. The Bertz CT molecular complexity index is 854. The van der Waals surface area contributed by atoms with E-state index in [2.05, 4.69) is 10.6 Å². The van der Waals surface area contributed by atoms with Crippen molar-refractivity contribution in [3.63, 3.8) is 0 Å². The van der Waals surface area contributed by atoms with Gasteiger partial charge in [-0.05, 0) is 37.8 Å². The average molecular weight is 430 g/mol. The Kier molecular flexibility index (Phi) is 6.34. The summed E-state index contributed by atoms with van der Waals surface area (Å²) in [5.74, 6) is 0.531. The Morgan fingerprint density at radius 3 is 2.68 bits per heavy atom. The van der Waals surface area contributed by atoms with E-state index in [1.54, 1.807) is 23.1 Å². The van der Waals surface area contributed by atoms with Crippen LogP contribution in [0.15, 0.2) is 18.2 Å². The van der Waals surface area contributed by atoms with Gasteiger partial charge in [-0.3, -0.25) is 14.4 Å². The highest BCUT2D eigenvalue weighted by Crippen LogP contribution is 2.35. The molecule has 4 rings (SSSR count). The fourth-order valence-electron chi connectivity index (χ4n) is 4.97. The van der Waals surface area contributed by atoms with Crippen molar-refractivity contribution < 1.29 is 23.9 Å². The highest BCUT2D eigenvalue weighted by molar-refractivity contribution is 5.98. The van der Waals surface area contributed by atoms with E-state index >= 15 is 0 Å². The Hall–Kier alpha value is -2.77. The Balaban J connectivity index is 1.52. The standard InChI is InChI=1S/C23H31N3O5/c1-3-14(4-2)23(29)26-17-8-6-5-7-16(17)25-22(28)18(26)12-21(27)24-15-9-10-19-20(11-15)31-13-30-19/h9-11,14,16-18H,3-8,12-13H2,1-2H3,(H,24,27)(H,25,28)/t16-,17+,18+/m0/s1. The van der Waals surface area contributed by atoms with Crippen molar-refractivity contribution >= 4 is 23.4 Å². The number of fused-ring (bicyclic) bond motifs is 2. The molecule has 1 aromatic rings. The minimum Gasteiger partial charge on any atom is -0.454 e. The molecular weight excluding hydrogens is 398 g/mol. The molecule has 2 heterocycles. The van der Waals surface area contributed by atoms with Gasteiger partial charge in [-0.15, -0.1) is 0 Å². The van der Waals surface area contributed by atoms with Gasteiger partial charge in [-0.25, -0.2) is 0 Å². The molecule has 0 bridgehead atoms. The van der Waals surface area contributed by atoms with Crippen molar-refractivity contribution in [2.75, 3.05) is 12.1 Å². The normalized spacial score (nSPS) is 24.5. The fourth-order valence-corrected chi connectivity index (χ4v) is 4.97. The number of carbonyl (C=O) groups excluding carboxylic acids is 3. The van der Waals surface area contributed by atoms with E-state index < -0.39 is 6.04 Å². The van der Waals surface area contributed by atoms with Crippen molar-refractivity contribution in [1.82, 2.24) is 10.2 Å². The summed E-state index contributed by atoms with van der Waals surface area (Å²) >= 11 is 0. The molecule has 2 N–H and O–H groups in total. The second-order valence-electron chi connectivity index (χ2n) is 8.56. The lowest BCUT2D eigenvalue weighted by molar-refractivity contribution is -0.154. The van der Waals surface area contributed by atoms with Gasteiger partial charge in [0.05, 0.1) is 12.5 Å². The maximum absolute atomic E-state index is 13.4. The van der Waals surface area contributed by atoms with Crippen molar-refractivity contribution in [1.29, 1.82) is 0 Å². The number of piperazine rings is 1. The number of amides is 3. The van der Waals surface area contributed by atoms with Gasteiger partial charge >= 0.3 is 0 Å². The van der Waals surface area contributed by atoms with Crippen LogP contribution < -0.4 is 20.1 Å². The van der Waals surface area contributed by atoms with Crippen LogP contribution >= 0.6 is 0 Å². The van der Waals surface area contributed by atoms with Gasteiger partial charge in [-0.1, -0.05) is 26.7 Å². The smallest absolute Gasteiger partial charge is 0.243 e. The molecule has 8 nitrogen and oxygen atoms in total. The molecule has 168 valence electrons. The van der Waals surface area contributed by atoms with Crippen LogP contribution in [0.3, 0.4) is 0 Å². The van der Waals surface area contributed by atoms with E-state index in [0.717, 1.165) is 38.5 Å². The molecule has 0 unspecified atom stereocenters. The summed E-state index contributed by atoms with van der Waals surface area (Å²) < 4.78 is 10.7. The molecule has 0 radical (unpaired) electrons. The zero-order valence-corrected chi connectivity index (χ0v) is 18.2. The first kappa shape index (κ1) is 21.5. The van der Waals surface area contributed by atoms with Crippen LogP contribution in [-0.2, 0) is 14.4 Å². The minimum atomic E-state index is -0.790. The molecule has 31 heavy (non-hydrogen) atoms. The molecule has 3 amide bonds. The van der Waals surface area contributed by atoms with Gasteiger partial charge in [0.15, 0.2) is 11.5 Å². The third kappa shape index (κ3) is 4.34. The largest absolute Gasteiger partial charge is 0.454 e. The molecule has 1 saturated carbocycles. The summed E-state index contributed by atoms with van der Waals surface area (Å²) in [6.45, 7) is 4.15. The van der Waals surface area contributed by atoms with Crippen molar-refractivity contribution in [3.8, 4) is 11.5 Å². The number of hydrogen-bond acceptors (Lipinski definition) is 5. The number of rotatable bonds is 6. The lowest BCUT2D eigenvalue weighted by Gasteiger charge is -2.49. The fraction of sp³-hybridized carbons (Fsp3) is 0.609. The van der Waals surface area contributed by atoms with Gasteiger partial charge in [0.25, 0.3) is 0 Å². The number of hydrogen-bond donors (Lipinski definition) is 2. The van der Waals surface area contributed by atoms with Crippen LogP contribution in [0.1, 0.15) is 58.8 Å². The molecule has 0 spiro atoms. The first-order valence-corrected chi connectivity index (χ1v) is 11.3. The Morgan fingerprint density at radius 1 is 1.16 bits per heavy atom. The highest BCUT2D eigenvalue weighted by Gasteiger charge is 2.46. The van der Waals surface area contributed by atoms with E-state index in [4.69, 9.17) is 9.47 Å². The van der Waals surface area contributed by atoms with Crippen molar-refractivity contribution in [2.45, 2.75) is 76.9 Å². The summed E-state index contributed by atoms with van der Waals surface area (Å²) in [6, 6.07) is 4.32. The predicted octanol–water partition coefficient (Wildman–Crippen LogP) is 2.82. The molecule has 3 aliphatic rings. The summed E-state index contributed by atoms with van der Waals surface area (Å²) in [4.78, 5) is 41.0. The highest BCUT2D eigenvalue weighted by atomic mass is 16.7.